The van der Waals surface area contributed by atoms with Gasteiger partial charge in [0.1, 0.15) is 12.7 Å². The average molecular weight is 434 g/mol. The molecule has 30 heavy (non-hydrogen) atoms. The van der Waals surface area contributed by atoms with Crippen molar-refractivity contribution in [1.29, 1.82) is 0 Å². The molecule has 0 aliphatic carbocycles. The molecule has 0 saturated carbocycles. The lowest BCUT2D eigenvalue weighted by Crippen LogP contribution is -2.62. The summed E-state index contributed by atoms with van der Waals surface area (Å²) < 4.78 is 35.9. The minimum atomic E-state index is -1.64. The van der Waals surface area contributed by atoms with Gasteiger partial charge in [-0.2, -0.15) is 0 Å². The number of carbonyl (C=O) groups excluding carboxylic acids is 5. The lowest BCUT2D eigenvalue weighted by molar-refractivity contribution is -0.293. The first kappa shape index (κ1) is 25.3. The Hall–Kier alpha value is -2.73. The molecule has 0 bridgehead atoms. The number of hydrogen-bond acceptors (Lipinski definition) is 12. The van der Waals surface area contributed by atoms with E-state index in [0.717, 1.165) is 35.0 Å². The van der Waals surface area contributed by atoms with Crippen molar-refractivity contribution in [3.63, 3.8) is 0 Å². The van der Waals surface area contributed by atoms with Gasteiger partial charge in [-0.15, -0.1) is 0 Å². The van der Waals surface area contributed by atoms with Gasteiger partial charge in [-0.25, -0.2) is 0 Å². The third-order valence-corrected chi connectivity index (χ3v) is 4.28. The van der Waals surface area contributed by atoms with Crippen molar-refractivity contribution >= 4 is 29.8 Å². The minimum absolute atomic E-state index is 0.376. The lowest BCUT2D eigenvalue weighted by Gasteiger charge is -2.45. The second-order valence-electron chi connectivity index (χ2n) is 6.33. The van der Waals surface area contributed by atoms with Crippen LogP contribution in [-0.2, 0) is 57.1 Å². The SMILES string of the molecule is COC(=O)C(C(=O)OC)C1C(OC(C)=O)[C@H](OC(C)=O)C(COC(C)=O)O[C@H]1OC. The number of hydrogen-bond donors (Lipinski definition) is 0. The summed E-state index contributed by atoms with van der Waals surface area (Å²) >= 11 is 0. The smallest absolute Gasteiger partial charge is 0.320 e. The van der Waals surface area contributed by atoms with Crippen LogP contribution in [0.2, 0.25) is 0 Å². The summed E-state index contributed by atoms with van der Waals surface area (Å²) in [5.41, 5.74) is 0. The van der Waals surface area contributed by atoms with Crippen LogP contribution in [-0.4, -0.2) is 82.4 Å². The van der Waals surface area contributed by atoms with E-state index < -0.39 is 66.3 Å². The molecule has 0 spiro atoms. The van der Waals surface area contributed by atoms with Crippen LogP contribution in [0.3, 0.4) is 0 Å². The Morgan fingerprint density at radius 3 is 1.70 bits per heavy atom. The second-order valence-corrected chi connectivity index (χ2v) is 6.33. The molecule has 1 rings (SSSR count). The fraction of sp³-hybridized carbons (Fsp3) is 0.722. The van der Waals surface area contributed by atoms with Crippen LogP contribution in [0.1, 0.15) is 20.8 Å². The van der Waals surface area contributed by atoms with Gasteiger partial charge in [0, 0.05) is 27.9 Å². The normalized spacial score (nSPS) is 25.8. The standard InChI is InChI=1S/C18H26O12/c1-8(19)27-7-11-14(28-9(2)20)15(29-10(3)21)12(18(26-6)30-11)13(16(22)24-4)17(23)25-5/h11-15,18H,7H2,1-6H3/t11?,12?,14-,15?,18-/m1/s1. The molecule has 5 atom stereocenters. The molecule has 0 aromatic heterocycles. The maximum Gasteiger partial charge on any atom is 0.320 e. The van der Waals surface area contributed by atoms with Crippen LogP contribution >= 0.6 is 0 Å². The molecule has 1 heterocycles. The highest BCUT2D eigenvalue weighted by molar-refractivity contribution is 5.95. The Kier molecular flexibility index (Phi) is 9.66. The van der Waals surface area contributed by atoms with Crippen LogP contribution in [0, 0.1) is 11.8 Å². The molecule has 1 aliphatic rings. The van der Waals surface area contributed by atoms with E-state index in [-0.39, 0.29) is 6.61 Å². The lowest BCUT2D eigenvalue weighted by atomic mass is 9.80. The van der Waals surface area contributed by atoms with Crippen molar-refractivity contribution in [3.05, 3.63) is 0 Å². The highest BCUT2D eigenvalue weighted by Crippen LogP contribution is 2.37. The van der Waals surface area contributed by atoms with E-state index in [1.165, 1.54) is 7.11 Å². The Bertz CT molecular complexity index is 644. The summed E-state index contributed by atoms with van der Waals surface area (Å²) in [5.74, 6) is -7.15. The second kappa shape index (κ2) is 11.5. The van der Waals surface area contributed by atoms with E-state index in [2.05, 4.69) is 9.47 Å². The topological polar surface area (TPSA) is 150 Å². The maximum absolute atomic E-state index is 12.4. The van der Waals surface area contributed by atoms with Crippen LogP contribution in [0.25, 0.3) is 0 Å². The van der Waals surface area contributed by atoms with Crippen LogP contribution in [0.5, 0.6) is 0 Å². The zero-order valence-electron chi connectivity index (χ0n) is 17.6. The van der Waals surface area contributed by atoms with Crippen LogP contribution in [0.15, 0.2) is 0 Å². The number of esters is 5. The average Bonchev–Trinajstić information content (AvgIpc) is 2.67. The predicted molar refractivity (Wildman–Crippen MR) is 94.4 cm³/mol. The molecule has 0 aromatic carbocycles. The summed E-state index contributed by atoms with van der Waals surface area (Å²) in [6.45, 7) is 2.97. The molecule has 1 aliphatic heterocycles. The molecule has 1 fully saturated rings. The highest BCUT2D eigenvalue weighted by atomic mass is 16.7. The van der Waals surface area contributed by atoms with E-state index in [0.29, 0.717) is 0 Å². The van der Waals surface area contributed by atoms with Crippen molar-refractivity contribution in [2.75, 3.05) is 27.9 Å². The maximum atomic E-state index is 12.4. The molecule has 3 unspecified atom stereocenters. The summed E-state index contributed by atoms with van der Waals surface area (Å²) in [6, 6.07) is 0. The van der Waals surface area contributed by atoms with E-state index in [9.17, 15) is 24.0 Å². The van der Waals surface area contributed by atoms with Crippen molar-refractivity contribution in [2.24, 2.45) is 11.8 Å². The van der Waals surface area contributed by atoms with Gasteiger partial charge >= 0.3 is 29.8 Å². The number of rotatable bonds is 8. The summed E-state index contributed by atoms with van der Waals surface area (Å²) in [6.07, 6.45) is -5.17. The predicted octanol–water partition coefficient (Wildman–Crippen LogP) is -0.637. The number of carbonyl (C=O) groups is 5. The zero-order valence-corrected chi connectivity index (χ0v) is 17.6. The molecule has 1 saturated heterocycles. The first-order valence-electron chi connectivity index (χ1n) is 8.89. The molecular formula is C18H26O12. The van der Waals surface area contributed by atoms with Gasteiger partial charge in [-0.3, -0.25) is 24.0 Å². The van der Waals surface area contributed by atoms with Gasteiger partial charge in [0.25, 0.3) is 0 Å². The molecule has 0 amide bonds. The summed E-state index contributed by atoms with van der Waals surface area (Å²) in [7, 11) is 3.33. The van der Waals surface area contributed by atoms with Gasteiger partial charge in [-0.05, 0) is 0 Å². The molecule has 0 N–H and O–H groups in total. The minimum Gasteiger partial charge on any atom is -0.468 e. The largest absolute Gasteiger partial charge is 0.468 e. The zero-order chi connectivity index (χ0) is 23.0. The van der Waals surface area contributed by atoms with E-state index in [1.807, 2.05) is 0 Å². The summed E-state index contributed by atoms with van der Waals surface area (Å²) in [5, 5.41) is 0. The fourth-order valence-corrected chi connectivity index (χ4v) is 3.16. The van der Waals surface area contributed by atoms with E-state index in [1.54, 1.807) is 0 Å². The molecule has 0 radical (unpaired) electrons. The monoisotopic (exact) mass is 434 g/mol. The van der Waals surface area contributed by atoms with Gasteiger partial charge in [0.2, 0.25) is 0 Å². The first-order valence-corrected chi connectivity index (χ1v) is 8.89. The number of ether oxygens (including phenoxy) is 7. The Labute approximate surface area is 173 Å². The Morgan fingerprint density at radius 2 is 1.30 bits per heavy atom. The van der Waals surface area contributed by atoms with Crippen LogP contribution < -0.4 is 0 Å². The van der Waals surface area contributed by atoms with Gasteiger partial charge in [-0.1, -0.05) is 0 Å². The highest BCUT2D eigenvalue weighted by Gasteiger charge is 2.57. The molecule has 0 aromatic rings. The number of methoxy groups -OCH3 is 3. The van der Waals surface area contributed by atoms with Crippen molar-refractivity contribution in [3.8, 4) is 0 Å². The first-order chi connectivity index (χ1) is 14.1. The van der Waals surface area contributed by atoms with Crippen molar-refractivity contribution in [2.45, 2.75) is 45.4 Å². The van der Waals surface area contributed by atoms with Crippen LogP contribution in [0.4, 0.5) is 0 Å². The molecular weight excluding hydrogens is 408 g/mol. The van der Waals surface area contributed by atoms with E-state index in [4.69, 9.17) is 23.7 Å². The van der Waals surface area contributed by atoms with Gasteiger partial charge < -0.3 is 33.2 Å². The van der Waals surface area contributed by atoms with Gasteiger partial charge in [0.15, 0.2) is 24.4 Å². The Morgan fingerprint density at radius 1 is 0.800 bits per heavy atom. The molecule has 12 heteroatoms. The van der Waals surface area contributed by atoms with Crippen molar-refractivity contribution in [1.82, 2.24) is 0 Å². The third-order valence-electron chi connectivity index (χ3n) is 4.28. The van der Waals surface area contributed by atoms with Crippen molar-refractivity contribution < 1.29 is 57.1 Å². The third kappa shape index (κ3) is 6.39. The van der Waals surface area contributed by atoms with Gasteiger partial charge in [0.05, 0.1) is 20.1 Å². The molecule has 170 valence electrons. The quantitative estimate of drug-likeness (QED) is 0.272. The fourth-order valence-electron chi connectivity index (χ4n) is 3.16. The van der Waals surface area contributed by atoms with E-state index >= 15 is 0 Å². The molecule has 12 nitrogen and oxygen atoms in total. The summed E-state index contributed by atoms with van der Waals surface area (Å²) in [4.78, 5) is 59.5. The Balaban J connectivity index is 3.52.